The van der Waals surface area contributed by atoms with Crippen LogP contribution in [0.4, 0.5) is 5.13 Å². The average molecular weight is 318 g/mol. The molecule has 0 bridgehead atoms. The fraction of sp³-hybridized carbons (Fsp3) is 0.500. The van der Waals surface area contributed by atoms with Gasteiger partial charge < -0.3 is 14.5 Å². The van der Waals surface area contributed by atoms with Gasteiger partial charge in [0.05, 0.1) is 6.61 Å². The van der Waals surface area contributed by atoms with Gasteiger partial charge in [-0.2, -0.15) is 0 Å². The van der Waals surface area contributed by atoms with Crippen molar-refractivity contribution in [3.63, 3.8) is 0 Å². The Kier molecular flexibility index (Phi) is 4.90. The second kappa shape index (κ2) is 7.07. The summed E-state index contributed by atoms with van der Waals surface area (Å²) in [6, 6.07) is 8.06. The van der Waals surface area contributed by atoms with Crippen molar-refractivity contribution in [1.82, 2.24) is 15.1 Å². The molecule has 6 heteroatoms. The molecule has 0 unspecified atom stereocenters. The first kappa shape index (κ1) is 15.2. The largest absolute Gasteiger partial charge is 0.494 e. The van der Waals surface area contributed by atoms with E-state index in [0.717, 1.165) is 54.2 Å². The van der Waals surface area contributed by atoms with E-state index in [2.05, 4.69) is 26.9 Å². The van der Waals surface area contributed by atoms with Crippen molar-refractivity contribution in [3.05, 3.63) is 24.3 Å². The minimum absolute atomic E-state index is 0.687. The molecule has 1 saturated heterocycles. The lowest BCUT2D eigenvalue weighted by molar-refractivity contribution is 0.271. The smallest absolute Gasteiger partial charge is 0.208 e. The van der Waals surface area contributed by atoms with Gasteiger partial charge >= 0.3 is 0 Å². The maximum Gasteiger partial charge on any atom is 0.208 e. The van der Waals surface area contributed by atoms with Gasteiger partial charge in [0.25, 0.3) is 0 Å². The van der Waals surface area contributed by atoms with Gasteiger partial charge in [-0.15, -0.1) is 10.2 Å². The van der Waals surface area contributed by atoms with E-state index < -0.39 is 0 Å². The minimum Gasteiger partial charge on any atom is -0.494 e. The summed E-state index contributed by atoms with van der Waals surface area (Å²) in [5, 5.41) is 10.7. The van der Waals surface area contributed by atoms with Crippen molar-refractivity contribution in [1.29, 1.82) is 0 Å². The topological polar surface area (TPSA) is 41.5 Å². The maximum atomic E-state index is 5.47. The van der Waals surface area contributed by atoms with E-state index in [0.29, 0.717) is 6.61 Å². The molecule has 2 heterocycles. The van der Waals surface area contributed by atoms with Gasteiger partial charge in [-0.05, 0) is 37.7 Å². The summed E-state index contributed by atoms with van der Waals surface area (Å²) in [7, 11) is 0. The zero-order chi connectivity index (χ0) is 15.4. The molecule has 22 heavy (non-hydrogen) atoms. The molecular formula is C16H22N4OS. The van der Waals surface area contributed by atoms with Crippen LogP contribution in [0.1, 0.15) is 13.8 Å². The summed E-state index contributed by atoms with van der Waals surface area (Å²) in [4.78, 5) is 4.80. The molecule has 2 aromatic rings. The van der Waals surface area contributed by atoms with Crippen LogP contribution in [0.15, 0.2) is 24.3 Å². The van der Waals surface area contributed by atoms with Crippen LogP contribution in [-0.2, 0) is 0 Å². The molecule has 1 fully saturated rings. The molecule has 0 aliphatic carbocycles. The van der Waals surface area contributed by atoms with Crippen molar-refractivity contribution in [3.8, 4) is 16.3 Å². The Hall–Kier alpha value is -1.66. The molecular weight excluding hydrogens is 296 g/mol. The SMILES string of the molecule is CCOc1ccc(-c2nnc(N3CCN(CC)CC3)s2)cc1. The molecule has 1 aromatic carbocycles. The van der Waals surface area contributed by atoms with Crippen molar-refractivity contribution in [2.24, 2.45) is 0 Å². The van der Waals surface area contributed by atoms with Crippen molar-refractivity contribution >= 4 is 16.5 Å². The van der Waals surface area contributed by atoms with E-state index in [1.165, 1.54) is 0 Å². The lowest BCUT2D eigenvalue weighted by Gasteiger charge is -2.33. The first-order valence-corrected chi connectivity index (χ1v) is 8.66. The Labute approximate surface area is 135 Å². The summed E-state index contributed by atoms with van der Waals surface area (Å²) < 4.78 is 5.47. The zero-order valence-electron chi connectivity index (χ0n) is 13.2. The average Bonchev–Trinajstić information content (AvgIpc) is 3.06. The number of benzene rings is 1. The number of rotatable bonds is 5. The van der Waals surface area contributed by atoms with Crippen LogP contribution in [0.25, 0.3) is 10.6 Å². The fourth-order valence-corrected chi connectivity index (χ4v) is 3.48. The number of hydrogen-bond acceptors (Lipinski definition) is 6. The van der Waals surface area contributed by atoms with Gasteiger partial charge in [0.2, 0.25) is 5.13 Å². The van der Waals surface area contributed by atoms with E-state index in [1.54, 1.807) is 11.3 Å². The zero-order valence-corrected chi connectivity index (χ0v) is 14.0. The van der Waals surface area contributed by atoms with E-state index >= 15 is 0 Å². The summed E-state index contributed by atoms with van der Waals surface area (Å²) in [6.45, 7) is 10.3. The van der Waals surface area contributed by atoms with Crippen LogP contribution in [0.3, 0.4) is 0 Å². The first-order chi connectivity index (χ1) is 10.8. The monoisotopic (exact) mass is 318 g/mol. The summed E-state index contributed by atoms with van der Waals surface area (Å²) in [5.41, 5.74) is 1.10. The van der Waals surface area contributed by atoms with Crippen molar-refractivity contribution < 1.29 is 4.74 Å². The van der Waals surface area contributed by atoms with Crippen LogP contribution in [0.2, 0.25) is 0 Å². The second-order valence-corrected chi connectivity index (χ2v) is 6.22. The lowest BCUT2D eigenvalue weighted by Crippen LogP contribution is -2.46. The molecule has 118 valence electrons. The Bertz CT molecular complexity index is 590. The Morgan fingerprint density at radius 3 is 2.41 bits per heavy atom. The number of piperazine rings is 1. The van der Waals surface area contributed by atoms with Gasteiger partial charge in [-0.3, -0.25) is 0 Å². The molecule has 1 aliphatic rings. The van der Waals surface area contributed by atoms with Gasteiger partial charge in [-0.1, -0.05) is 18.3 Å². The van der Waals surface area contributed by atoms with Crippen molar-refractivity contribution in [2.45, 2.75) is 13.8 Å². The van der Waals surface area contributed by atoms with Crippen LogP contribution in [0, 0.1) is 0 Å². The minimum atomic E-state index is 0.687. The fourth-order valence-electron chi connectivity index (χ4n) is 2.58. The second-order valence-electron chi connectivity index (χ2n) is 5.27. The van der Waals surface area contributed by atoms with Gasteiger partial charge in [0, 0.05) is 31.7 Å². The van der Waals surface area contributed by atoms with Crippen LogP contribution in [-0.4, -0.2) is 54.4 Å². The third-order valence-corrected chi connectivity index (χ3v) is 4.95. The third-order valence-electron chi connectivity index (χ3n) is 3.92. The molecule has 3 rings (SSSR count). The molecule has 1 aromatic heterocycles. The molecule has 5 nitrogen and oxygen atoms in total. The first-order valence-electron chi connectivity index (χ1n) is 7.84. The Balaban J connectivity index is 1.68. The molecule has 0 saturated carbocycles. The molecule has 1 aliphatic heterocycles. The van der Waals surface area contributed by atoms with Gasteiger partial charge in [-0.25, -0.2) is 0 Å². The van der Waals surface area contributed by atoms with E-state index in [-0.39, 0.29) is 0 Å². The van der Waals surface area contributed by atoms with Crippen LogP contribution >= 0.6 is 11.3 Å². The predicted octanol–water partition coefficient (Wildman–Crippen LogP) is 2.75. The number of nitrogens with zero attached hydrogens (tertiary/aromatic N) is 4. The highest BCUT2D eigenvalue weighted by Crippen LogP contribution is 2.30. The maximum absolute atomic E-state index is 5.47. The molecule has 0 atom stereocenters. The van der Waals surface area contributed by atoms with Gasteiger partial charge in [0.15, 0.2) is 0 Å². The Morgan fingerprint density at radius 2 is 1.77 bits per heavy atom. The lowest BCUT2D eigenvalue weighted by atomic mass is 10.2. The molecule has 0 radical (unpaired) electrons. The van der Waals surface area contributed by atoms with Crippen molar-refractivity contribution in [2.75, 3.05) is 44.2 Å². The summed E-state index contributed by atoms with van der Waals surface area (Å²) in [5.74, 6) is 0.895. The number of anilines is 1. The highest BCUT2D eigenvalue weighted by Gasteiger charge is 2.19. The van der Waals surface area contributed by atoms with E-state index in [1.807, 2.05) is 31.2 Å². The highest BCUT2D eigenvalue weighted by molar-refractivity contribution is 7.18. The molecule has 0 spiro atoms. The Morgan fingerprint density at radius 1 is 1.05 bits per heavy atom. The number of aromatic nitrogens is 2. The standard InChI is InChI=1S/C16H22N4OS/c1-3-19-9-11-20(12-10-19)16-18-17-15(22-16)13-5-7-14(8-6-13)21-4-2/h5-8H,3-4,9-12H2,1-2H3. The third kappa shape index (κ3) is 3.39. The van der Waals surface area contributed by atoms with E-state index in [4.69, 9.17) is 4.74 Å². The number of likely N-dealkylation sites (N-methyl/N-ethyl adjacent to an activating group) is 1. The predicted molar refractivity (Wildman–Crippen MR) is 90.8 cm³/mol. The highest BCUT2D eigenvalue weighted by atomic mass is 32.1. The molecule has 0 N–H and O–H groups in total. The quantitative estimate of drug-likeness (QED) is 0.848. The van der Waals surface area contributed by atoms with Crippen LogP contribution in [0.5, 0.6) is 5.75 Å². The number of ether oxygens (including phenoxy) is 1. The normalized spacial score (nSPS) is 16.0. The van der Waals surface area contributed by atoms with E-state index in [9.17, 15) is 0 Å². The summed E-state index contributed by atoms with van der Waals surface area (Å²) >= 11 is 1.66. The molecule has 0 amide bonds. The summed E-state index contributed by atoms with van der Waals surface area (Å²) in [6.07, 6.45) is 0. The van der Waals surface area contributed by atoms with Crippen LogP contribution < -0.4 is 9.64 Å². The number of hydrogen-bond donors (Lipinski definition) is 0. The van der Waals surface area contributed by atoms with Gasteiger partial charge in [0.1, 0.15) is 10.8 Å².